The van der Waals surface area contributed by atoms with Crippen LogP contribution >= 0.6 is 11.8 Å². The van der Waals surface area contributed by atoms with Gasteiger partial charge in [0.05, 0.1) is 5.60 Å². The maximum Gasteiger partial charge on any atom is 0.248 e. The van der Waals surface area contributed by atoms with Crippen LogP contribution in [0.4, 0.5) is 8.78 Å². The third-order valence-corrected chi connectivity index (χ3v) is 6.40. The molecule has 0 N–H and O–H groups in total. The van der Waals surface area contributed by atoms with E-state index in [2.05, 4.69) is 0 Å². The number of rotatable bonds is 2. The van der Waals surface area contributed by atoms with Crippen LogP contribution in [0.2, 0.25) is 0 Å². The van der Waals surface area contributed by atoms with Crippen molar-refractivity contribution in [3.8, 4) is 0 Å². The van der Waals surface area contributed by atoms with Crippen molar-refractivity contribution in [3.05, 3.63) is 0 Å². The fraction of sp³-hybridized carbons (Fsp3) is 0.938. The molecule has 21 heavy (non-hydrogen) atoms. The van der Waals surface area contributed by atoms with Crippen molar-refractivity contribution in [1.82, 2.24) is 0 Å². The Labute approximate surface area is 129 Å². The Kier molecular flexibility index (Phi) is 4.60. The van der Waals surface area contributed by atoms with E-state index in [9.17, 15) is 13.6 Å². The van der Waals surface area contributed by atoms with Crippen LogP contribution in [0.3, 0.4) is 0 Å². The topological polar surface area (TPSA) is 26.3 Å². The molecule has 5 heteroatoms. The standard InChI is InChI=1S/C16H24F2O2S/c17-16(18)4-1-12(2-5-16)14(19)13-3-8-20-15(11-13)6-9-21-10-7-15/h12-13H,1-11H2. The molecule has 1 atom stereocenters. The molecule has 3 rings (SSSR count). The molecule has 0 radical (unpaired) electrons. The quantitative estimate of drug-likeness (QED) is 0.767. The molecular formula is C16H24F2O2S. The summed E-state index contributed by atoms with van der Waals surface area (Å²) in [5.74, 6) is -0.186. The second-order valence-corrected chi connectivity index (χ2v) is 8.09. The van der Waals surface area contributed by atoms with Crippen molar-refractivity contribution in [1.29, 1.82) is 0 Å². The number of ether oxygens (including phenoxy) is 1. The number of ketones is 1. The van der Waals surface area contributed by atoms with E-state index in [1.54, 1.807) is 0 Å². The van der Waals surface area contributed by atoms with Crippen LogP contribution in [-0.4, -0.2) is 35.4 Å². The zero-order chi connectivity index (χ0) is 14.9. The number of halogens is 2. The van der Waals surface area contributed by atoms with Gasteiger partial charge in [0.15, 0.2) is 0 Å². The number of hydrogen-bond acceptors (Lipinski definition) is 3. The molecule has 0 aromatic rings. The van der Waals surface area contributed by atoms with Crippen LogP contribution in [0.1, 0.15) is 51.4 Å². The first-order valence-electron chi connectivity index (χ1n) is 8.13. The van der Waals surface area contributed by atoms with Gasteiger partial charge in [-0.2, -0.15) is 11.8 Å². The van der Waals surface area contributed by atoms with E-state index in [0.29, 0.717) is 19.4 Å². The summed E-state index contributed by atoms with van der Waals surface area (Å²) in [7, 11) is 0. The van der Waals surface area contributed by atoms with Crippen molar-refractivity contribution in [2.75, 3.05) is 18.1 Å². The number of hydrogen-bond donors (Lipinski definition) is 0. The fourth-order valence-corrected chi connectivity index (χ4v) is 5.26. The molecule has 2 saturated heterocycles. The van der Waals surface area contributed by atoms with Gasteiger partial charge in [0.25, 0.3) is 0 Å². The first-order chi connectivity index (χ1) is 10.00. The lowest BCUT2D eigenvalue weighted by Gasteiger charge is -2.43. The summed E-state index contributed by atoms with van der Waals surface area (Å²) in [6.07, 6.45) is 4.16. The number of thioether (sulfide) groups is 1. The molecule has 2 heterocycles. The van der Waals surface area contributed by atoms with Crippen LogP contribution < -0.4 is 0 Å². The van der Waals surface area contributed by atoms with Crippen molar-refractivity contribution >= 4 is 17.5 Å². The van der Waals surface area contributed by atoms with E-state index in [1.165, 1.54) is 0 Å². The molecule has 2 nitrogen and oxygen atoms in total. The zero-order valence-corrected chi connectivity index (χ0v) is 13.2. The van der Waals surface area contributed by atoms with Gasteiger partial charge in [-0.3, -0.25) is 4.79 Å². The number of carbonyl (C=O) groups is 1. The summed E-state index contributed by atoms with van der Waals surface area (Å²) in [4.78, 5) is 12.7. The largest absolute Gasteiger partial charge is 0.375 e. The molecular weight excluding hydrogens is 294 g/mol. The molecule has 0 amide bonds. The Morgan fingerprint density at radius 1 is 1.00 bits per heavy atom. The second-order valence-electron chi connectivity index (χ2n) is 6.87. The van der Waals surface area contributed by atoms with Gasteiger partial charge in [-0.15, -0.1) is 0 Å². The van der Waals surface area contributed by atoms with E-state index in [0.717, 1.165) is 37.2 Å². The summed E-state index contributed by atoms with van der Waals surface area (Å²) in [5, 5.41) is 0. The SMILES string of the molecule is O=C(C1CCC(F)(F)CC1)C1CCOC2(CCSCC2)C1. The molecule has 1 unspecified atom stereocenters. The highest BCUT2D eigenvalue weighted by Gasteiger charge is 2.44. The van der Waals surface area contributed by atoms with E-state index in [-0.39, 0.29) is 36.1 Å². The van der Waals surface area contributed by atoms with Crippen molar-refractivity contribution in [2.45, 2.75) is 62.9 Å². The molecule has 3 aliphatic rings. The van der Waals surface area contributed by atoms with E-state index in [1.807, 2.05) is 11.8 Å². The Hall–Kier alpha value is -0.160. The average Bonchev–Trinajstić information content (AvgIpc) is 2.47. The summed E-state index contributed by atoms with van der Waals surface area (Å²) >= 11 is 1.95. The predicted molar refractivity (Wildman–Crippen MR) is 79.9 cm³/mol. The monoisotopic (exact) mass is 318 g/mol. The van der Waals surface area contributed by atoms with Crippen LogP contribution in [0.25, 0.3) is 0 Å². The van der Waals surface area contributed by atoms with Gasteiger partial charge in [-0.25, -0.2) is 8.78 Å². The van der Waals surface area contributed by atoms with Crippen molar-refractivity contribution < 1.29 is 18.3 Å². The lowest BCUT2D eigenvalue weighted by atomic mass is 9.74. The highest BCUT2D eigenvalue weighted by Crippen LogP contribution is 2.43. The number of Topliss-reactive ketones (excluding diaryl/α,β-unsaturated/α-hetero) is 1. The number of alkyl halides is 2. The van der Waals surface area contributed by atoms with Gasteiger partial charge < -0.3 is 4.74 Å². The highest BCUT2D eigenvalue weighted by atomic mass is 32.2. The first kappa shape index (κ1) is 15.7. The molecule has 120 valence electrons. The maximum absolute atomic E-state index is 13.2. The fourth-order valence-electron chi connectivity index (χ4n) is 4.02. The Morgan fingerprint density at radius 3 is 2.33 bits per heavy atom. The molecule has 1 aliphatic carbocycles. The van der Waals surface area contributed by atoms with Gasteiger partial charge in [0, 0.05) is 31.3 Å². The maximum atomic E-state index is 13.2. The normalized spacial score (nSPS) is 33.0. The molecule has 3 fully saturated rings. The molecule has 0 bridgehead atoms. The second kappa shape index (κ2) is 6.15. The summed E-state index contributed by atoms with van der Waals surface area (Å²) in [5.41, 5.74) is -0.0948. The first-order valence-corrected chi connectivity index (χ1v) is 9.29. The smallest absolute Gasteiger partial charge is 0.248 e. The number of carbonyl (C=O) groups excluding carboxylic acids is 1. The zero-order valence-electron chi connectivity index (χ0n) is 12.4. The Balaban J connectivity index is 1.59. The lowest BCUT2D eigenvalue weighted by molar-refractivity contribution is -0.145. The van der Waals surface area contributed by atoms with E-state index in [4.69, 9.17) is 4.74 Å². The van der Waals surface area contributed by atoms with E-state index >= 15 is 0 Å². The minimum atomic E-state index is -2.55. The Morgan fingerprint density at radius 2 is 1.67 bits per heavy atom. The van der Waals surface area contributed by atoms with Crippen LogP contribution in [-0.2, 0) is 9.53 Å². The van der Waals surface area contributed by atoms with Gasteiger partial charge in [-0.1, -0.05) is 0 Å². The van der Waals surface area contributed by atoms with Crippen molar-refractivity contribution in [3.63, 3.8) is 0 Å². The molecule has 2 aliphatic heterocycles. The predicted octanol–water partition coefficient (Wildman–Crippen LogP) is 4.07. The van der Waals surface area contributed by atoms with E-state index < -0.39 is 5.92 Å². The molecule has 1 saturated carbocycles. The average molecular weight is 318 g/mol. The van der Waals surface area contributed by atoms with Crippen molar-refractivity contribution in [2.24, 2.45) is 11.8 Å². The van der Waals surface area contributed by atoms with Crippen LogP contribution in [0.15, 0.2) is 0 Å². The van der Waals surface area contributed by atoms with Gasteiger partial charge in [-0.05, 0) is 50.0 Å². The molecule has 0 aromatic carbocycles. The molecule has 1 spiro atoms. The minimum absolute atomic E-state index is 0.0403. The van der Waals surface area contributed by atoms with Crippen LogP contribution in [0.5, 0.6) is 0 Å². The minimum Gasteiger partial charge on any atom is -0.375 e. The highest BCUT2D eigenvalue weighted by molar-refractivity contribution is 7.99. The third kappa shape index (κ3) is 3.61. The van der Waals surface area contributed by atoms with Gasteiger partial charge in [0.1, 0.15) is 5.78 Å². The summed E-state index contributed by atoms with van der Waals surface area (Å²) < 4.78 is 32.5. The molecule has 0 aromatic heterocycles. The Bertz CT molecular complexity index is 378. The lowest BCUT2D eigenvalue weighted by Crippen LogP contribution is -2.46. The summed E-state index contributed by atoms with van der Waals surface area (Å²) in [6.45, 7) is 0.657. The third-order valence-electron chi connectivity index (χ3n) is 5.42. The van der Waals surface area contributed by atoms with Crippen LogP contribution in [0, 0.1) is 11.8 Å². The van der Waals surface area contributed by atoms with Gasteiger partial charge >= 0.3 is 0 Å². The van der Waals surface area contributed by atoms with Gasteiger partial charge in [0.2, 0.25) is 5.92 Å². The summed E-state index contributed by atoms with van der Waals surface area (Å²) in [6, 6.07) is 0.